The van der Waals surface area contributed by atoms with Crippen molar-refractivity contribution in [3.8, 4) is 0 Å². The number of carbonyl (C=O) groups excluding carboxylic acids is 2. The molecule has 0 radical (unpaired) electrons. The van der Waals surface area contributed by atoms with Gasteiger partial charge >= 0.3 is 0 Å². The molecule has 1 saturated carbocycles. The summed E-state index contributed by atoms with van der Waals surface area (Å²) in [5.41, 5.74) is 1.11. The summed E-state index contributed by atoms with van der Waals surface area (Å²) in [6, 6.07) is 5.28. The number of carbonyl (C=O) groups is 2. The molecule has 0 spiro atoms. The zero-order valence-corrected chi connectivity index (χ0v) is 14.2. The van der Waals surface area contributed by atoms with E-state index in [1.807, 2.05) is 6.07 Å². The molecule has 0 atom stereocenters. The Morgan fingerprint density at radius 3 is 2.40 bits per heavy atom. The van der Waals surface area contributed by atoms with Crippen molar-refractivity contribution < 1.29 is 9.59 Å². The Labute approximate surface area is 135 Å². The third kappa shape index (κ3) is 2.25. The normalized spacial score (nSPS) is 20.6. The second-order valence-electron chi connectivity index (χ2n) is 5.73. The van der Waals surface area contributed by atoms with Crippen molar-refractivity contribution in [1.29, 1.82) is 0 Å². The number of rotatable bonds is 3. The number of nitrogens with zero attached hydrogens (tertiary/aromatic N) is 1. The van der Waals surface area contributed by atoms with Gasteiger partial charge in [0.05, 0.1) is 11.1 Å². The molecule has 3 nitrogen and oxygen atoms in total. The summed E-state index contributed by atoms with van der Waals surface area (Å²) < 4.78 is 0.829. The maximum absolute atomic E-state index is 12.5. The van der Waals surface area contributed by atoms with Crippen molar-refractivity contribution in [3.63, 3.8) is 0 Å². The van der Waals surface area contributed by atoms with E-state index in [-0.39, 0.29) is 17.2 Å². The van der Waals surface area contributed by atoms with Gasteiger partial charge in [-0.3, -0.25) is 14.5 Å². The molecule has 106 valence electrons. The first-order chi connectivity index (χ1) is 9.56. The fourth-order valence-corrected chi connectivity index (χ4v) is 4.30. The standard InChI is InChI=1S/C15H15Br2NO2/c16-8-15(5-1-2-6-15)9-18-13(19)11-4-3-10(17)7-12(11)14(18)20/h3-4,7H,1-2,5-6,8-9H2. The van der Waals surface area contributed by atoms with Crippen molar-refractivity contribution in [2.75, 3.05) is 11.9 Å². The van der Waals surface area contributed by atoms with Gasteiger partial charge in [0.2, 0.25) is 0 Å². The quantitative estimate of drug-likeness (QED) is 0.568. The molecule has 0 unspecified atom stereocenters. The largest absolute Gasteiger partial charge is 0.274 e. The van der Waals surface area contributed by atoms with E-state index in [9.17, 15) is 9.59 Å². The molecule has 1 aromatic rings. The number of halogens is 2. The number of imide groups is 1. The minimum Gasteiger partial charge on any atom is -0.274 e. The molecule has 2 aliphatic rings. The Morgan fingerprint density at radius 1 is 1.10 bits per heavy atom. The molecule has 20 heavy (non-hydrogen) atoms. The molecule has 3 rings (SSSR count). The lowest BCUT2D eigenvalue weighted by molar-refractivity contribution is 0.0587. The second kappa shape index (κ2) is 5.26. The minimum absolute atomic E-state index is 0.0601. The molecule has 2 amide bonds. The molecule has 0 saturated heterocycles. The van der Waals surface area contributed by atoms with Crippen molar-refractivity contribution >= 4 is 43.7 Å². The van der Waals surface area contributed by atoms with Gasteiger partial charge in [-0.25, -0.2) is 0 Å². The summed E-state index contributed by atoms with van der Waals surface area (Å²) in [7, 11) is 0. The number of benzene rings is 1. The van der Waals surface area contributed by atoms with Crippen LogP contribution in [0.15, 0.2) is 22.7 Å². The van der Waals surface area contributed by atoms with Crippen LogP contribution in [0.5, 0.6) is 0 Å². The SMILES string of the molecule is O=C1c2ccc(Br)cc2C(=O)N1CC1(CBr)CCCC1. The summed E-state index contributed by atoms with van der Waals surface area (Å²) in [6.07, 6.45) is 4.52. The Hall–Kier alpha value is -0.680. The summed E-state index contributed by atoms with van der Waals surface area (Å²) in [6.45, 7) is 0.530. The fraction of sp³-hybridized carbons (Fsp3) is 0.467. The lowest BCUT2D eigenvalue weighted by atomic mass is 9.88. The van der Waals surface area contributed by atoms with E-state index in [0.717, 1.165) is 22.6 Å². The molecule has 1 fully saturated rings. The van der Waals surface area contributed by atoms with E-state index in [4.69, 9.17) is 0 Å². The molecule has 1 aromatic carbocycles. The maximum Gasteiger partial charge on any atom is 0.261 e. The first-order valence-electron chi connectivity index (χ1n) is 6.78. The van der Waals surface area contributed by atoms with E-state index in [1.165, 1.54) is 17.7 Å². The van der Waals surface area contributed by atoms with Crippen molar-refractivity contribution in [2.24, 2.45) is 5.41 Å². The predicted molar refractivity (Wildman–Crippen MR) is 84.2 cm³/mol. The second-order valence-corrected chi connectivity index (χ2v) is 7.20. The highest BCUT2D eigenvalue weighted by molar-refractivity contribution is 9.10. The van der Waals surface area contributed by atoms with Crippen molar-refractivity contribution in [2.45, 2.75) is 25.7 Å². The highest BCUT2D eigenvalue weighted by Crippen LogP contribution is 2.41. The molecule has 5 heteroatoms. The maximum atomic E-state index is 12.5. The van der Waals surface area contributed by atoms with Crippen LogP contribution in [0.1, 0.15) is 46.4 Å². The first-order valence-corrected chi connectivity index (χ1v) is 8.69. The van der Waals surface area contributed by atoms with Crippen molar-refractivity contribution in [1.82, 2.24) is 4.90 Å². The van der Waals surface area contributed by atoms with E-state index in [0.29, 0.717) is 17.7 Å². The van der Waals surface area contributed by atoms with Gasteiger partial charge in [0, 0.05) is 16.3 Å². The number of fused-ring (bicyclic) bond motifs is 1. The van der Waals surface area contributed by atoms with Crippen LogP contribution in [0, 0.1) is 5.41 Å². The monoisotopic (exact) mass is 399 g/mol. The smallest absolute Gasteiger partial charge is 0.261 e. The molecule has 1 aliphatic heterocycles. The average Bonchev–Trinajstić information content (AvgIpc) is 3.00. The van der Waals surface area contributed by atoms with Gasteiger partial charge in [-0.05, 0) is 36.5 Å². The van der Waals surface area contributed by atoms with Crippen LogP contribution < -0.4 is 0 Å². The Bertz CT molecular complexity index is 579. The van der Waals surface area contributed by atoms with Crippen LogP contribution in [0.3, 0.4) is 0 Å². The predicted octanol–water partition coefficient (Wildman–Crippen LogP) is 4.00. The highest BCUT2D eigenvalue weighted by atomic mass is 79.9. The Balaban J connectivity index is 1.90. The van der Waals surface area contributed by atoms with E-state index in [2.05, 4.69) is 31.9 Å². The minimum atomic E-state index is -0.154. The fourth-order valence-electron chi connectivity index (χ4n) is 3.20. The van der Waals surface area contributed by atoms with E-state index >= 15 is 0 Å². The lowest BCUT2D eigenvalue weighted by Gasteiger charge is -2.30. The van der Waals surface area contributed by atoms with Gasteiger partial charge in [0.25, 0.3) is 11.8 Å². The molecule has 0 N–H and O–H groups in total. The molecular weight excluding hydrogens is 386 g/mol. The third-order valence-electron chi connectivity index (χ3n) is 4.37. The Morgan fingerprint density at radius 2 is 1.75 bits per heavy atom. The van der Waals surface area contributed by atoms with Crippen molar-refractivity contribution in [3.05, 3.63) is 33.8 Å². The molecule has 0 aromatic heterocycles. The Kier molecular flexibility index (Phi) is 3.75. The first kappa shape index (κ1) is 14.3. The van der Waals surface area contributed by atoms with E-state index < -0.39 is 0 Å². The molecule has 1 aliphatic carbocycles. The zero-order valence-electron chi connectivity index (χ0n) is 11.0. The number of amides is 2. The molecule has 0 bridgehead atoms. The van der Waals surface area contributed by atoms with Gasteiger partial charge in [0.15, 0.2) is 0 Å². The average molecular weight is 401 g/mol. The highest BCUT2D eigenvalue weighted by Gasteiger charge is 2.42. The topological polar surface area (TPSA) is 37.4 Å². The van der Waals surface area contributed by atoms with Crippen LogP contribution in [0.2, 0.25) is 0 Å². The lowest BCUT2D eigenvalue weighted by Crippen LogP contribution is -2.40. The van der Waals surface area contributed by atoms with Crippen LogP contribution in [-0.4, -0.2) is 28.6 Å². The summed E-state index contributed by atoms with van der Waals surface area (Å²) in [5, 5.41) is 0.844. The molecular formula is C15H15Br2NO2. The van der Waals surface area contributed by atoms with Gasteiger partial charge in [-0.15, -0.1) is 0 Å². The summed E-state index contributed by atoms with van der Waals surface area (Å²) in [5.74, 6) is -0.303. The van der Waals surface area contributed by atoms with Crippen LogP contribution in [-0.2, 0) is 0 Å². The number of alkyl halides is 1. The zero-order chi connectivity index (χ0) is 14.3. The number of hydrogen-bond acceptors (Lipinski definition) is 2. The van der Waals surface area contributed by atoms with Gasteiger partial charge in [-0.1, -0.05) is 44.7 Å². The summed E-state index contributed by atoms with van der Waals surface area (Å²) in [4.78, 5) is 26.3. The van der Waals surface area contributed by atoms with Crippen LogP contribution in [0.25, 0.3) is 0 Å². The van der Waals surface area contributed by atoms with E-state index in [1.54, 1.807) is 12.1 Å². The van der Waals surface area contributed by atoms with Crippen LogP contribution in [0.4, 0.5) is 0 Å². The van der Waals surface area contributed by atoms with Crippen LogP contribution >= 0.6 is 31.9 Å². The summed E-state index contributed by atoms with van der Waals surface area (Å²) >= 11 is 6.93. The van der Waals surface area contributed by atoms with Gasteiger partial charge < -0.3 is 0 Å². The van der Waals surface area contributed by atoms with Gasteiger partial charge in [0.1, 0.15) is 0 Å². The molecule has 1 heterocycles. The number of hydrogen-bond donors (Lipinski definition) is 0. The third-order valence-corrected chi connectivity index (χ3v) is 6.06. The van der Waals surface area contributed by atoms with Gasteiger partial charge in [-0.2, -0.15) is 0 Å².